The summed E-state index contributed by atoms with van der Waals surface area (Å²) in [6.07, 6.45) is 7.89. The normalized spacial score (nSPS) is 22.0. The van der Waals surface area contributed by atoms with E-state index in [4.69, 9.17) is 0 Å². The smallest absolute Gasteiger partial charge is 0.227 e. The van der Waals surface area contributed by atoms with E-state index in [1.807, 2.05) is 29.2 Å². The molecule has 3 amide bonds. The van der Waals surface area contributed by atoms with Gasteiger partial charge in [-0.1, -0.05) is 31.4 Å². The maximum absolute atomic E-state index is 12.8. The first-order valence-electron chi connectivity index (χ1n) is 11.7. The van der Waals surface area contributed by atoms with Crippen molar-refractivity contribution in [2.75, 3.05) is 30.3 Å². The van der Waals surface area contributed by atoms with E-state index in [0.29, 0.717) is 25.7 Å². The predicted molar refractivity (Wildman–Crippen MR) is 123 cm³/mol. The molecule has 0 spiro atoms. The fourth-order valence-electron chi connectivity index (χ4n) is 4.92. The SMILES string of the molecule is O=C(NC1CCCCC1)C1CCCN(C(=O)CCC(=O)N2CCSc3ccccc32)C1. The van der Waals surface area contributed by atoms with Gasteiger partial charge in [0.25, 0.3) is 0 Å². The quantitative estimate of drug-likeness (QED) is 0.755. The second kappa shape index (κ2) is 10.5. The number of hydrogen-bond donors (Lipinski definition) is 1. The summed E-state index contributed by atoms with van der Waals surface area (Å²) in [5.41, 5.74) is 0.952. The third kappa shape index (κ3) is 5.62. The van der Waals surface area contributed by atoms with Crippen LogP contribution in [0.25, 0.3) is 0 Å². The minimum absolute atomic E-state index is 0.00435. The van der Waals surface area contributed by atoms with Crippen molar-refractivity contribution in [3.05, 3.63) is 24.3 Å². The van der Waals surface area contributed by atoms with Crippen molar-refractivity contribution in [2.45, 2.75) is 68.7 Å². The summed E-state index contributed by atoms with van der Waals surface area (Å²) < 4.78 is 0. The molecule has 1 aliphatic carbocycles. The van der Waals surface area contributed by atoms with Gasteiger partial charge in [-0.3, -0.25) is 14.4 Å². The van der Waals surface area contributed by atoms with Crippen molar-refractivity contribution in [1.82, 2.24) is 10.2 Å². The molecule has 2 fully saturated rings. The monoisotopic (exact) mass is 443 g/mol. The van der Waals surface area contributed by atoms with Crippen LogP contribution in [0, 0.1) is 5.92 Å². The zero-order valence-corrected chi connectivity index (χ0v) is 19.0. The highest BCUT2D eigenvalue weighted by atomic mass is 32.2. The van der Waals surface area contributed by atoms with Crippen LogP contribution in [0.15, 0.2) is 29.2 Å². The number of benzene rings is 1. The fraction of sp³-hybridized carbons (Fsp3) is 0.625. The van der Waals surface area contributed by atoms with Gasteiger partial charge in [0.2, 0.25) is 17.7 Å². The second-order valence-electron chi connectivity index (χ2n) is 8.88. The van der Waals surface area contributed by atoms with Gasteiger partial charge in [-0.15, -0.1) is 11.8 Å². The Morgan fingerprint density at radius 1 is 0.935 bits per heavy atom. The number of rotatable bonds is 5. The number of likely N-dealkylation sites (tertiary alicyclic amines) is 1. The van der Waals surface area contributed by atoms with E-state index in [9.17, 15) is 14.4 Å². The van der Waals surface area contributed by atoms with Crippen LogP contribution in [0.4, 0.5) is 5.69 Å². The van der Waals surface area contributed by atoms with E-state index in [1.165, 1.54) is 19.3 Å². The van der Waals surface area contributed by atoms with E-state index in [-0.39, 0.29) is 36.5 Å². The van der Waals surface area contributed by atoms with E-state index in [1.54, 1.807) is 16.7 Å². The standard InChI is InChI=1S/C24H33N3O3S/c28-22(12-13-23(29)27-15-16-31-21-11-5-4-10-20(21)27)26-14-6-7-18(17-26)24(30)25-19-8-2-1-3-9-19/h4-5,10-11,18-19H,1-3,6-9,12-17H2,(H,25,30). The van der Waals surface area contributed by atoms with E-state index < -0.39 is 0 Å². The van der Waals surface area contributed by atoms with Crippen molar-refractivity contribution >= 4 is 35.2 Å². The number of amides is 3. The van der Waals surface area contributed by atoms with Crippen LogP contribution in [0.5, 0.6) is 0 Å². The number of fused-ring (bicyclic) bond motifs is 1. The van der Waals surface area contributed by atoms with Crippen LogP contribution in [0.1, 0.15) is 57.8 Å². The molecule has 1 aromatic rings. The van der Waals surface area contributed by atoms with Crippen LogP contribution >= 0.6 is 11.8 Å². The zero-order valence-electron chi connectivity index (χ0n) is 18.2. The number of anilines is 1. The van der Waals surface area contributed by atoms with Crippen molar-refractivity contribution < 1.29 is 14.4 Å². The first kappa shape index (κ1) is 22.2. The lowest BCUT2D eigenvalue weighted by Crippen LogP contribution is -2.48. The zero-order chi connectivity index (χ0) is 21.6. The number of hydrogen-bond acceptors (Lipinski definition) is 4. The third-order valence-electron chi connectivity index (χ3n) is 6.68. The summed E-state index contributed by atoms with van der Waals surface area (Å²) in [4.78, 5) is 43.1. The molecule has 1 atom stereocenters. The van der Waals surface area contributed by atoms with E-state index in [0.717, 1.165) is 42.0 Å². The fourth-order valence-corrected chi connectivity index (χ4v) is 5.91. The predicted octanol–water partition coefficient (Wildman–Crippen LogP) is 3.59. The number of thioether (sulfide) groups is 1. The van der Waals surface area contributed by atoms with Crippen LogP contribution < -0.4 is 10.2 Å². The lowest BCUT2D eigenvalue weighted by molar-refractivity contribution is -0.137. The molecule has 168 valence electrons. The first-order valence-corrected chi connectivity index (χ1v) is 12.7. The number of nitrogens with one attached hydrogen (secondary N) is 1. The van der Waals surface area contributed by atoms with Gasteiger partial charge in [-0.25, -0.2) is 0 Å². The summed E-state index contributed by atoms with van der Waals surface area (Å²) >= 11 is 1.77. The Bertz CT molecular complexity index is 809. The minimum Gasteiger partial charge on any atom is -0.353 e. The topological polar surface area (TPSA) is 69.7 Å². The molecule has 0 aromatic heterocycles. The first-order chi connectivity index (χ1) is 15.1. The number of piperidine rings is 1. The molecule has 2 heterocycles. The van der Waals surface area contributed by atoms with Gasteiger partial charge in [-0.2, -0.15) is 0 Å². The summed E-state index contributed by atoms with van der Waals surface area (Å²) in [5.74, 6) is 0.845. The summed E-state index contributed by atoms with van der Waals surface area (Å²) in [7, 11) is 0. The molecule has 1 N–H and O–H groups in total. The Balaban J connectivity index is 1.26. The Hall–Kier alpha value is -2.02. The Morgan fingerprint density at radius 2 is 1.71 bits per heavy atom. The Morgan fingerprint density at radius 3 is 2.55 bits per heavy atom. The summed E-state index contributed by atoms with van der Waals surface area (Å²) in [6.45, 7) is 1.85. The van der Waals surface area contributed by atoms with Crippen LogP contribution in [0.2, 0.25) is 0 Å². The highest BCUT2D eigenvalue weighted by molar-refractivity contribution is 7.99. The Labute approximate surface area is 189 Å². The second-order valence-corrected chi connectivity index (χ2v) is 10.0. The van der Waals surface area contributed by atoms with Gasteiger partial charge in [-0.05, 0) is 37.8 Å². The molecule has 1 saturated heterocycles. The van der Waals surface area contributed by atoms with Gasteiger partial charge in [0.1, 0.15) is 0 Å². The Kier molecular flexibility index (Phi) is 7.54. The molecule has 0 radical (unpaired) electrons. The third-order valence-corrected chi connectivity index (χ3v) is 7.72. The van der Waals surface area contributed by atoms with Gasteiger partial charge >= 0.3 is 0 Å². The molecular formula is C24H33N3O3S. The largest absolute Gasteiger partial charge is 0.353 e. The molecule has 1 saturated carbocycles. The number of carbonyl (C=O) groups excluding carboxylic acids is 3. The molecular weight excluding hydrogens is 410 g/mol. The minimum atomic E-state index is -0.124. The lowest BCUT2D eigenvalue weighted by atomic mass is 9.93. The number of nitrogens with zero attached hydrogens (tertiary/aromatic N) is 2. The average Bonchev–Trinajstić information content (AvgIpc) is 2.82. The lowest BCUT2D eigenvalue weighted by Gasteiger charge is -2.34. The number of para-hydroxylation sites is 1. The van der Waals surface area contributed by atoms with E-state index in [2.05, 4.69) is 5.32 Å². The van der Waals surface area contributed by atoms with Crippen molar-refractivity contribution in [3.8, 4) is 0 Å². The molecule has 3 aliphatic rings. The van der Waals surface area contributed by atoms with Gasteiger partial charge < -0.3 is 15.1 Å². The molecule has 1 aromatic carbocycles. The van der Waals surface area contributed by atoms with Crippen LogP contribution in [-0.4, -0.2) is 54.1 Å². The molecule has 6 nitrogen and oxygen atoms in total. The van der Waals surface area contributed by atoms with Crippen molar-refractivity contribution in [3.63, 3.8) is 0 Å². The van der Waals surface area contributed by atoms with Crippen LogP contribution in [0.3, 0.4) is 0 Å². The number of carbonyl (C=O) groups is 3. The summed E-state index contributed by atoms with van der Waals surface area (Å²) in [5, 5.41) is 3.21. The highest BCUT2D eigenvalue weighted by Crippen LogP contribution is 2.34. The van der Waals surface area contributed by atoms with Gasteiger partial charge in [0.05, 0.1) is 11.6 Å². The van der Waals surface area contributed by atoms with Crippen LogP contribution in [-0.2, 0) is 14.4 Å². The maximum atomic E-state index is 12.8. The summed E-state index contributed by atoms with van der Waals surface area (Å²) in [6, 6.07) is 8.25. The van der Waals surface area contributed by atoms with E-state index >= 15 is 0 Å². The molecule has 1 unspecified atom stereocenters. The molecule has 4 rings (SSSR count). The maximum Gasteiger partial charge on any atom is 0.227 e. The van der Waals surface area contributed by atoms with Gasteiger partial charge in [0.15, 0.2) is 0 Å². The average molecular weight is 444 g/mol. The molecule has 0 bridgehead atoms. The van der Waals surface area contributed by atoms with Crippen molar-refractivity contribution in [2.24, 2.45) is 5.92 Å². The molecule has 7 heteroatoms. The van der Waals surface area contributed by atoms with Gasteiger partial charge in [0, 0.05) is 49.2 Å². The van der Waals surface area contributed by atoms with Crippen molar-refractivity contribution in [1.29, 1.82) is 0 Å². The molecule has 2 aliphatic heterocycles. The molecule has 31 heavy (non-hydrogen) atoms. The highest BCUT2D eigenvalue weighted by Gasteiger charge is 2.30.